The van der Waals surface area contributed by atoms with Crippen molar-refractivity contribution in [2.75, 3.05) is 18.1 Å². The van der Waals surface area contributed by atoms with Crippen LogP contribution < -0.4 is 11.1 Å². The average Bonchev–Trinajstić information content (AvgIpc) is 2.01. The molecule has 0 saturated heterocycles. The van der Waals surface area contributed by atoms with Crippen molar-refractivity contribution in [1.29, 1.82) is 0 Å². The molecule has 0 unspecified atom stereocenters. The molecule has 1 aromatic rings. The molecule has 2 nitrogen and oxygen atoms in total. The number of hydrogen-bond acceptors (Lipinski definition) is 2. The normalized spacial score (nSPS) is 11.5. The number of rotatable bonds is 1. The molecule has 0 aliphatic heterocycles. The minimum atomic E-state index is -4.34. The smallest absolute Gasteiger partial charge is 0.397 e. The molecule has 0 amide bonds. The first-order chi connectivity index (χ1) is 6.36. The zero-order chi connectivity index (χ0) is 10.9. The molecular formula is C9H11F3N2. The molecule has 0 saturated carbocycles. The molecule has 14 heavy (non-hydrogen) atoms. The third-order valence-electron chi connectivity index (χ3n) is 1.94. The van der Waals surface area contributed by atoms with Crippen LogP contribution in [0.15, 0.2) is 12.1 Å². The Morgan fingerprint density at radius 3 is 2.21 bits per heavy atom. The molecule has 1 rings (SSSR count). The number of aryl methyl sites for hydroxylation is 1. The maximum Gasteiger partial charge on any atom is 0.416 e. The number of hydrogen-bond donors (Lipinski definition) is 2. The third kappa shape index (κ3) is 1.92. The van der Waals surface area contributed by atoms with E-state index in [4.69, 9.17) is 5.73 Å². The lowest BCUT2D eigenvalue weighted by atomic mass is 10.1. The van der Waals surface area contributed by atoms with Crippen molar-refractivity contribution in [1.82, 2.24) is 0 Å². The molecule has 0 heterocycles. The van der Waals surface area contributed by atoms with Crippen LogP contribution in [0.4, 0.5) is 24.5 Å². The van der Waals surface area contributed by atoms with Crippen LogP contribution in [0, 0.1) is 6.92 Å². The Labute approximate surface area is 79.9 Å². The Balaban J connectivity index is 3.28. The van der Waals surface area contributed by atoms with Crippen molar-refractivity contribution >= 4 is 11.4 Å². The van der Waals surface area contributed by atoms with Crippen molar-refractivity contribution < 1.29 is 13.2 Å². The molecule has 0 spiro atoms. The predicted molar refractivity (Wildman–Crippen MR) is 50.1 cm³/mol. The highest BCUT2D eigenvalue weighted by Crippen LogP contribution is 2.34. The molecule has 0 aliphatic rings. The summed E-state index contributed by atoms with van der Waals surface area (Å²) >= 11 is 0. The first kappa shape index (κ1) is 10.7. The van der Waals surface area contributed by atoms with Crippen LogP contribution in [0.1, 0.15) is 11.1 Å². The maximum atomic E-state index is 12.3. The Bertz CT molecular complexity index is 321. The van der Waals surface area contributed by atoms with Crippen molar-refractivity contribution in [3.63, 3.8) is 0 Å². The summed E-state index contributed by atoms with van der Waals surface area (Å²) in [6, 6.07) is 2.00. The second-order valence-corrected chi connectivity index (χ2v) is 3.01. The molecule has 0 fully saturated rings. The van der Waals surface area contributed by atoms with Gasteiger partial charge in [-0.1, -0.05) is 0 Å². The van der Waals surface area contributed by atoms with Crippen LogP contribution in [0.3, 0.4) is 0 Å². The van der Waals surface area contributed by atoms with Gasteiger partial charge < -0.3 is 11.1 Å². The summed E-state index contributed by atoms with van der Waals surface area (Å²) in [5.41, 5.74) is 5.89. The maximum absolute atomic E-state index is 12.3. The SMILES string of the molecule is CNc1c(C)cc(C(F)(F)F)cc1N. The molecule has 78 valence electrons. The van der Waals surface area contributed by atoms with Crippen LogP contribution in [-0.4, -0.2) is 7.05 Å². The van der Waals surface area contributed by atoms with Crippen LogP contribution in [0.25, 0.3) is 0 Å². The molecule has 0 bridgehead atoms. The van der Waals surface area contributed by atoms with E-state index in [0.29, 0.717) is 11.3 Å². The number of nitrogen functional groups attached to an aromatic ring is 1. The summed E-state index contributed by atoms with van der Waals surface area (Å²) in [6.45, 7) is 1.58. The second-order valence-electron chi connectivity index (χ2n) is 3.01. The zero-order valence-electron chi connectivity index (χ0n) is 7.87. The number of nitrogens with one attached hydrogen (secondary N) is 1. The fourth-order valence-corrected chi connectivity index (χ4v) is 1.32. The van der Waals surface area contributed by atoms with Crippen LogP contribution in [0.2, 0.25) is 0 Å². The molecule has 0 atom stereocenters. The number of benzene rings is 1. The predicted octanol–water partition coefficient (Wildman–Crippen LogP) is 2.64. The zero-order valence-corrected chi connectivity index (χ0v) is 7.87. The van der Waals surface area contributed by atoms with E-state index in [1.54, 1.807) is 14.0 Å². The van der Waals surface area contributed by atoms with Crippen molar-refractivity contribution in [2.45, 2.75) is 13.1 Å². The van der Waals surface area contributed by atoms with E-state index < -0.39 is 11.7 Å². The first-order valence-electron chi connectivity index (χ1n) is 4.01. The minimum Gasteiger partial charge on any atom is -0.397 e. The van der Waals surface area contributed by atoms with E-state index in [1.165, 1.54) is 0 Å². The van der Waals surface area contributed by atoms with Crippen LogP contribution in [0.5, 0.6) is 0 Å². The Kier molecular flexibility index (Phi) is 2.59. The quantitative estimate of drug-likeness (QED) is 0.690. The highest BCUT2D eigenvalue weighted by Gasteiger charge is 2.31. The summed E-state index contributed by atoms with van der Waals surface area (Å²) in [7, 11) is 1.62. The second kappa shape index (κ2) is 3.40. The van der Waals surface area contributed by atoms with Crippen LogP contribution >= 0.6 is 0 Å². The van der Waals surface area contributed by atoms with Gasteiger partial charge >= 0.3 is 6.18 Å². The van der Waals surface area contributed by atoms with Gasteiger partial charge in [-0.3, -0.25) is 0 Å². The van der Waals surface area contributed by atoms with Crippen molar-refractivity contribution in [2.24, 2.45) is 0 Å². The van der Waals surface area contributed by atoms with Gasteiger partial charge in [-0.25, -0.2) is 0 Å². The van der Waals surface area contributed by atoms with E-state index in [9.17, 15) is 13.2 Å². The Hall–Kier alpha value is -1.39. The molecule has 0 radical (unpaired) electrons. The van der Waals surface area contributed by atoms with Gasteiger partial charge in [-0.05, 0) is 24.6 Å². The van der Waals surface area contributed by atoms with E-state index in [2.05, 4.69) is 5.32 Å². The van der Waals surface area contributed by atoms with Gasteiger partial charge in [-0.15, -0.1) is 0 Å². The van der Waals surface area contributed by atoms with Gasteiger partial charge in [-0.2, -0.15) is 13.2 Å². The standard InChI is InChI=1S/C9H11F3N2/c1-5-3-6(9(10,11)12)4-7(13)8(5)14-2/h3-4,14H,13H2,1-2H3. The fourth-order valence-electron chi connectivity index (χ4n) is 1.32. The van der Waals surface area contributed by atoms with Gasteiger partial charge in [0.15, 0.2) is 0 Å². The van der Waals surface area contributed by atoms with E-state index >= 15 is 0 Å². The van der Waals surface area contributed by atoms with Gasteiger partial charge in [0.1, 0.15) is 0 Å². The summed E-state index contributed by atoms with van der Waals surface area (Å²) in [5.74, 6) is 0. The van der Waals surface area contributed by atoms with Gasteiger partial charge in [0.2, 0.25) is 0 Å². The lowest BCUT2D eigenvalue weighted by Crippen LogP contribution is -2.08. The summed E-state index contributed by atoms with van der Waals surface area (Å²) in [5, 5.41) is 2.75. The third-order valence-corrected chi connectivity index (χ3v) is 1.94. The minimum absolute atomic E-state index is 0.111. The molecule has 0 aromatic heterocycles. The molecule has 5 heteroatoms. The van der Waals surface area contributed by atoms with E-state index in [0.717, 1.165) is 12.1 Å². The van der Waals surface area contributed by atoms with E-state index in [1.807, 2.05) is 0 Å². The number of anilines is 2. The molecular weight excluding hydrogens is 193 g/mol. The topological polar surface area (TPSA) is 38.0 Å². The number of alkyl halides is 3. The fraction of sp³-hybridized carbons (Fsp3) is 0.333. The van der Waals surface area contributed by atoms with Crippen molar-refractivity contribution in [3.05, 3.63) is 23.3 Å². The lowest BCUT2D eigenvalue weighted by Gasteiger charge is -2.13. The Morgan fingerprint density at radius 1 is 1.29 bits per heavy atom. The summed E-state index contributed by atoms with van der Waals surface area (Å²) < 4.78 is 36.9. The Morgan fingerprint density at radius 2 is 1.86 bits per heavy atom. The van der Waals surface area contributed by atoms with Gasteiger partial charge in [0.05, 0.1) is 16.9 Å². The molecule has 1 aromatic carbocycles. The van der Waals surface area contributed by atoms with Gasteiger partial charge in [0.25, 0.3) is 0 Å². The van der Waals surface area contributed by atoms with Crippen molar-refractivity contribution in [3.8, 4) is 0 Å². The van der Waals surface area contributed by atoms with E-state index in [-0.39, 0.29) is 5.69 Å². The largest absolute Gasteiger partial charge is 0.416 e. The number of halogens is 3. The monoisotopic (exact) mass is 204 g/mol. The summed E-state index contributed by atoms with van der Waals surface area (Å²) in [4.78, 5) is 0. The average molecular weight is 204 g/mol. The summed E-state index contributed by atoms with van der Waals surface area (Å²) in [6.07, 6.45) is -4.34. The first-order valence-corrected chi connectivity index (χ1v) is 4.01. The number of nitrogens with two attached hydrogens (primary N) is 1. The molecule has 0 aliphatic carbocycles. The lowest BCUT2D eigenvalue weighted by molar-refractivity contribution is -0.137. The highest BCUT2D eigenvalue weighted by molar-refractivity contribution is 5.71. The van der Waals surface area contributed by atoms with Crippen LogP contribution in [-0.2, 0) is 6.18 Å². The highest BCUT2D eigenvalue weighted by atomic mass is 19.4. The molecule has 3 N–H and O–H groups in total. The van der Waals surface area contributed by atoms with Gasteiger partial charge in [0, 0.05) is 7.05 Å².